The van der Waals surface area contributed by atoms with Crippen LogP contribution in [0.3, 0.4) is 0 Å². The minimum atomic E-state index is 0.865. The van der Waals surface area contributed by atoms with Crippen molar-refractivity contribution in [2.24, 2.45) is 5.92 Å². The molecule has 86 valence electrons. The van der Waals surface area contributed by atoms with Crippen LogP contribution in [0.4, 0.5) is 5.69 Å². The molecular weight excluding hydrogens is 194 g/mol. The van der Waals surface area contributed by atoms with E-state index in [0.717, 1.165) is 12.3 Å². The van der Waals surface area contributed by atoms with Gasteiger partial charge in [-0.3, -0.25) is 0 Å². The number of rotatable bonds is 4. The predicted octanol–water partition coefficient (Wildman–Crippen LogP) is 4.50. The first kappa shape index (κ1) is 11.3. The normalized spacial score (nSPS) is 16.3. The van der Waals surface area contributed by atoms with Gasteiger partial charge in [0.25, 0.3) is 0 Å². The molecule has 1 nitrogen and oxygen atoms in total. The Labute approximate surface area is 98.6 Å². The lowest BCUT2D eigenvalue weighted by Gasteiger charge is -2.15. The number of para-hydroxylation sites is 1. The molecule has 0 spiro atoms. The van der Waals surface area contributed by atoms with Gasteiger partial charge in [-0.1, -0.05) is 50.5 Å². The lowest BCUT2D eigenvalue weighted by atomic mass is 10.0. The van der Waals surface area contributed by atoms with Crippen molar-refractivity contribution in [1.29, 1.82) is 0 Å². The zero-order valence-corrected chi connectivity index (χ0v) is 10.1. The summed E-state index contributed by atoms with van der Waals surface area (Å²) in [6.07, 6.45) is 6.71. The molecule has 0 aromatic heterocycles. The van der Waals surface area contributed by atoms with Gasteiger partial charge in [-0.15, -0.1) is 0 Å². The highest BCUT2D eigenvalue weighted by Crippen LogP contribution is 2.30. The smallest absolute Gasteiger partial charge is 0.0411 e. The van der Waals surface area contributed by atoms with Crippen LogP contribution in [-0.2, 0) is 0 Å². The Morgan fingerprint density at radius 1 is 1.31 bits per heavy atom. The van der Waals surface area contributed by atoms with E-state index in [-0.39, 0.29) is 0 Å². The van der Waals surface area contributed by atoms with Crippen LogP contribution in [0, 0.1) is 12.8 Å². The van der Waals surface area contributed by atoms with Crippen LogP contribution in [-0.4, -0.2) is 0 Å². The maximum atomic E-state index is 4.14. The maximum Gasteiger partial charge on any atom is 0.0411 e. The van der Waals surface area contributed by atoms with Crippen LogP contribution in [0.15, 0.2) is 36.5 Å². The van der Waals surface area contributed by atoms with Crippen LogP contribution < -0.4 is 5.32 Å². The molecule has 1 fully saturated rings. The first-order valence-electron chi connectivity index (χ1n) is 6.26. The number of nitrogens with one attached hydrogen (secondary N) is 1. The first-order valence-corrected chi connectivity index (χ1v) is 6.26. The summed E-state index contributed by atoms with van der Waals surface area (Å²) in [7, 11) is 0. The van der Waals surface area contributed by atoms with Gasteiger partial charge in [-0.25, -0.2) is 0 Å². The Bertz CT molecular complexity index is 361. The summed E-state index contributed by atoms with van der Waals surface area (Å²) in [4.78, 5) is 0. The molecule has 1 aromatic rings. The lowest BCUT2D eigenvalue weighted by Crippen LogP contribution is -2.04. The Morgan fingerprint density at radius 2 is 2.00 bits per heavy atom. The van der Waals surface area contributed by atoms with Gasteiger partial charge < -0.3 is 5.32 Å². The lowest BCUT2D eigenvalue weighted by molar-refractivity contribution is 0.546. The minimum absolute atomic E-state index is 0.865. The molecule has 1 N–H and O–H groups in total. The van der Waals surface area contributed by atoms with Crippen molar-refractivity contribution in [3.05, 3.63) is 42.1 Å². The molecule has 1 heteroatoms. The van der Waals surface area contributed by atoms with E-state index < -0.39 is 0 Å². The molecule has 1 saturated carbocycles. The topological polar surface area (TPSA) is 12.0 Å². The highest BCUT2D eigenvalue weighted by Gasteiger charge is 2.15. The number of aryl methyl sites for hydroxylation is 1. The van der Waals surface area contributed by atoms with Gasteiger partial charge in [0.1, 0.15) is 0 Å². The Kier molecular flexibility index (Phi) is 3.66. The third-order valence-electron chi connectivity index (χ3n) is 3.47. The number of anilines is 1. The molecule has 1 aromatic carbocycles. The molecule has 0 bridgehead atoms. The molecule has 0 heterocycles. The Hall–Kier alpha value is -1.24. The zero-order valence-electron chi connectivity index (χ0n) is 10.1. The molecular formula is C15H21N. The number of hydrogen-bond donors (Lipinski definition) is 1. The Balaban J connectivity index is 1.89. The fraction of sp³-hybridized carbons (Fsp3) is 0.467. The van der Waals surface area contributed by atoms with Crippen molar-refractivity contribution in [2.75, 3.05) is 5.32 Å². The summed E-state index contributed by atoms with van der Waals surface area (Å²) in [5.74, 6) is 0.865. The molecule has 0 amide bonds. The molecule has 1 aliphatic rings. The van der Waals surface area contributed by atoms with Crippen LogP contribution in [0.5, 0.6) is 0 Å². The van der Waals surface area contributed by atoms with E-state index in [0.29, 0.717) is 0 Å². The van der Waals surface area contributed by atoms with Crippen molar-refractivity contribution in [3.8, 4) is 0 Å². The Morgan fingerprint density at radius 3 is 2.69 bits per heavy atom. The number of allylic oxidation sites excluding steroid dienone is 1. The fourth-order valence-corrected chi connectivity index (χ4v) is 2.52. The molecule has 1 aliphatic carbocycles. The summed E-state index contributed by atoms with van der Waals surface area (Å²) in [6.45, 7) is 6.27. The van der Waals surface area contributed by atoms with Crippen LogP contribution in [0.2, 0.25) is 0 Å². The fourth-order valence-electron chi connectivity index (χ4n) is 2.52. The van der Waals surface area contributed by atoms with E-state index in [1.165, 1.54) is 42.6 Å². The third-order valence-corrected chi connectivity index (χ3v) is 3.47. The van der Waals surface area contributed by atoms with E-state index in [2.05, 4.69) is 43.1 Å². The second kappa shape index (κ2) is 5.20. The quantitative estimate of drug-likeness (QED) is 0.779. The third kappa shape index (κ3) is 2.88. The minimum Gasteiger partial charge on any atom is -0.359 e. The first-order chi connectivity index (χ1) is 7.75. The average molecular weight is 215 g/mol. The summed E-state index contributed by atoms with van der Waals surface area (Å²) in [5.41, 5.74) is 3.65. The summed E-state index contributed by atoms with van der Waals surface area (Å²) >= 11 is 0. The molecule has 0 aliphatic heterocycles. The van der Waals surface area contributed by atoms with Crippen molar-refractivity contribution in [2.45, 2.75) is 39.0 Å². The summed E-state index contributed by atoms with van der Waals surface area (Å²) in [5, 5.41) is 3.44. The second-order valence-corrected chi connectivity index (χ2v) is 4.90. The van der Waals surface area contributed by atoms with Gasteiger partial charge in [0.2, 0.25) is 0 Å². The monoisotopic (exact) mass is 215 g/mol. The van der Waals surface area contributed by atoms with Gasteiger partial charge in [0, 0.05) is 11.4 Å². The summed E-state index contributed by atoms with van der Waals surface area (Å²) < 4.78 is 0. The highest BCUT2D eigenvalue weighted by molar-refractivity contribution is 5.53. The average Bonchev–Trinajstić information content (AvgIpc) is 2.74. The van der Waals surface area contributed by atoms with E-state index in [1.807, 2.05) is 0 Å². The van der Waals surface area contributed by atoms with Crippen molar-refractivity contribution in [3.63, 3.8) is 0 Å². The van der Waals surface area contributed by atoms with Crippen molar-refractivity contribution >= 4 is 5.69 Å². The van der Waals surface area contributed by atoms with Gasteiger partial charge in [-0.2, -0.15) is 0 Å². The van der Waals surface area contributed by atoms with Gasteiger partial charge in [0.15, 0.2) is 0 Å². The molecule has 2 rings (SSSR count). The van der Waals surface area contributed by atoms with Gasteiger partial charge in [-0.05, 0) is 30.9 Å². The largest absolute Gasteiger partial charge is 0.359 e. The second-order valence-electron chi connectivity index (χ2n) is 4.90. The van der Waals surface area contributed by atoms with E-state index in [9.17, 15) is 0 Å². The summed E-state index contributed by atoms with van der Waals surface area (Å²) in [6, 6.07) is 8.39. The van der Waals surface area contributed by atoms with Gasteiger partial charge >= 0.3 is 0 Å². The van der Waals surface area contributed by atoms with E-state index >= 15 is 0 Å². The number of benzene rings is 1. The SMILES string of the molecule is C=C(CC1CCCC1)Nc1ccccc1C. The highest BCUT2D eigenvalue weighted by atomic mass is 14.9. The molecule has 16 heavy (non-hydrogen) atoms. The van der Waals surface area contributed by atoms with Crippen molar-refractivity contribution in [1.82, 2.24) is 0 Å². The molecule has 0 atom stereocenters. The zero-order chi connectivity index (χ0) is 11.4. The van der Waals surface area contributed by atoms with E-state index in [4.69, 9.17) is 0 Å². The van der Waals surface area contributed by atoms with E-state index in [1.54, 1.807) is 0 Å². The van der Waals surface area contributed by atoms with Gasteiger partial charge in [0.05, 0.1) is 0 Å². The standard InChI is InChI=1S/C15H21N/c1-12-7-3-6-10-15(12)16-13(2)11-14-8-4-5-9-14/h3,6-7,10,14,16H,2,4-5,8-9,11H2,1H3. The molecule has 0 unspecified atom stereocenters. The van der Waals surface area contributed by atoms with Crippen LogP contribution in [0.25, 0.3) is 0 Å². The number of hydrogen-bond acceptors (Lipinski definition) is 1. The maximum absolute atomic E-state index is 4.14. The molecule has 0 saturated heterocycles. The van der Waals surface area contributed by atoms with Crippen LogP contribution in [0.1, 0.15) is 37.7 Å². The molecule has 0 radical (unpaired) electrons. The predicted molar refractivity (Wildman–Crippen MR) is 70.5 cm³/mol. The van der Waals surface area contributed by atoms with Crippen LogP contribution >= 0.6 is 0 Å². The van der Waals surface area contributed by atoms with Crippen molar-refractivity contribution < 1.29 is 0 Å².